The van der Waals surface area contributed by atoms with E-state index in [4.69, 9.17) is 0 Å². The summed E-state index contributed by atoms with van der Waals surface area (Å²) in [6.45, 7) is 0.829. The van der Waals surface area contributed by atoms with Crippen molar-refractivity contribution in [3.8, 4) is 0 Å². The molecule has 2 aliphatic rings. The fourth-order valence-electron chi connectivity index (χ4n) is 1.53. The minimum atomic E-state index is 0.128. The molecular weight excluding hydrogens is 116 g/mol. The van der Waals surface area contributed by atoms with E-state index in [9.17, 15) is 4.79 Å². The van der Waals surface area contributed by atoms with Crippen molar-refractivity contribution in [2.24, 2.45) is 0 Å². The zero-order chi connectivity index (χ0) is 6.27. The maximum atomic E-state index is 10.9. The molecule has 2 saturated heterocycles. The highest BCUT2D eigenvalue weighted by atomic mass is 16.2. The zero-order valence-corrected chi connectivity index (χ0v) is 5.18. The van der Waals surface area contributed by atoms with Crippen molar-refractivity contribution < 1.29 is 4.79 Å². The van der Waals surface area contributed by atoms with Gasteiger partial charge >= 0.3 is 0 Å². The Morgan fingerprint density at radius 2 is 2.33 bits per heavy atom. The van der Waals surface area contributed by atoms with Crippen LogP contribution in [0.4, 0.5) is 0 Å². The molecule has 2 bridgehead atoms. The Labute approximate surface area is 53.8 Å². The lowest BCUT2D eigenvalue weighted by atomic mass is 10.2. The Bertz CT molecular complexity index is 146. The standard InChI is InChI=1S/C6H10N2O/c9-6-5-2-1-4(8-5)3-7-6/h4-5,8H,1-3H2,(H,7,9)/t4-,5-/m1/s1. The van der Waals surface area contributed by atoms with E-state index in [1.165, 1.54) is 0 Å². The molecule has 0 spiro atoms. The first-order chi connectivity index (χ1) is 4.36. The Morgan fingerprint density at radius 3 is 3.11 bits per heavy atom. The van der Waals surface area contributed by atoms with Gasteiger partial charge in [-0.3, -0.25) is 4.79 Å². The SMILES string of the molecule is O=C1NC[C@H]2CC[C@H]1N2. The second-order valence-corrected chi connectivity index (χ2v) is 2.74. The maximum Gasteiger partial charge on any atom is 0.237 e. The summed E-state index contributed by atoms with van der Waals surface area (Å²) in [6, 6.07) is 0.691. The predicted molar refractivity (Wildman–Crippen MR) is 33.0 cm³/mol. The van der Waals surface area contributed by atoms with E-state index in [2.05, 4.69) is 10.6 Å². The lowest BCUT2D eigenvalue weighted by molar-refractivity contribution is -0.123. The third-order valence-corrected chi connectivity index (χ3v) is 2.08. The van der Waals surface area contributed by atoms with Crippen LogP contribution in [0.3, 0.4) is 0 Å². The van der Waals surface area contributed by atoms with Crippen LogP contribution >= 0.6 is 0 Å². The number of nitrogens with one attached hydrogen (secondary N) is 2. The molecule has 0 saturated carbocycles. The topological polar surface area (TPSA) is 41.1 Å². The van der Waals surface area contributed by atoms with Crippen molar-refractivity contribution in [3.63, 3.8) is 0 Å². The Hall–Kier alpha value is -0.570. The monoisotopic (exact) mass is 126 g/mol. The van der Waals surface area contributed by atoms with Crippen LogP contribution in [-0.4, -0.2) is 24.5 Å². The Morgan fingerprint density at radius 1 is 1.44 bits per heavy atom. The van der Waals surface area contributed by atoms with Gasteiger partial charge in [-0.25, -0.2) is 0 Å². The normalized spacial score (nSPS) is 40.7. The van der Waals surface area contributed by atoms with Crippen molar-refractivity contribution in [2.75, 3.05) is 6.54 Å². The summed E-state index contributed by atoms with van der Waals surface area (Å²) >= 11 is 0. The van der Waals surface area contributed by atoms with Crippen LogP contribution in [0, 0.1) is 0 Å². The highest BCUT2D eigenvalue weighted by Crippen LogP contribution is 2.14. The number of carbonyl (C=O) groups is 1. The van der Waals surface area contributed by atoms with Crippen LogP contribution in [0.1, 0.15) is 12.8 Å². The fraction of sp³-hybridized carbons (Fsp3) is 0.833. The van der Waals surface area contributed by atoms with Gasteiger partial charge in [0.1, 0.15) is 0 Å². The molecule has 0 aromatic rings. The van der Waals surface area contributed by atoms with Crippen LogP contribution in [0.2, 0.25) is 0 Å². The minimum absolute atomic E-state index is 0.128. The second-order valence-electron chi connectivity index (χ2n) is 2.74. The summed E-state index contributed by atoms with van der Waals surface area (Å²) in [4.78, 5) is 10.9. The van der Waals surface area contributed by atoms with E-state index in [-0.39, 0.29) is 11.9 Å². The zero-order valence-electron chi connectivity index (χ0n) is 5.18. The number of hydrogen-bond acceptors (Lipinski definition) is 2. The largest absolute Gasteiger partial charge is 0.353 e. The molecule has 1 amide bonds. The first-order valence-corrected chi connectivity index (χ1v) is 3.40. The quantitative estimate of drug-likeness (QED) is 0.448. The number of carbonyl (C=O) groups excluding carboxylic acids is 1. The van der Waals surface area contributed by atoms with Crippen molar-refractivity contribution >= 4 is 5.91 Å². The molecule has 50 valence electrons. The van der Waals surface area contributed by atoms with Gasteiger partial charge in [-0.2, -0.15) is 0 Å². The van der Waals surface area contributed by atoms with E-state index in [1.807, 2.05) is 0 Å². The number of piperazine rings is 1. The predicted octanol–water partition coefficient (Wildman–Crippen LogP) is -0.763. The Kier molecular flexibility index (Phi) is 0.990. The molecular formula is C6H10N2O. The summed E-state index contributed by atoms with van der Waals surface area (Å²) < 4.78 is 0. The average molecular weight is 126 g/mol. The molecule has 2 N–H and O–H groups in total. The van der Waals surface area contributed by atoms with Crippen LogP contribution in [0.25, 0.3) is 0 Å². The third kappa shape index (κ3) is 0.721. The smallest absolute Gasteiger partial charge is 0.237 e. The van der Waals surface area contributed by atoms with Crippen molar-refractivity contribution in [1.82, 2.24) is 10.6 Å². The summed E-state index contributed by atoms with van der Waals surface area (Å²) in [5.41, 5.74) is 0. The second kappa shape index (κ2) is 1.70. The third-order valence-electron chi connectivity index (χ3n) is 2.08. The van der Waals surface area contributed by atoms with Crippen LogP contribution < -0.4 is 10.6 Å². The van der Waals surface area contributed by atoms with E-state index in [0.717, 1.165) is 19.4 Å². The molecule has 3 heteroatoms. The molecule has 0 aromatic heterocycles. The van der Waals surface area contributed by atoms with E-state index in [1.54, 1.807) is 0 Å². The lowest BCUT2D eigenvalue weighted by Crippen LogP contribution is -2.52. The summed E-state index contributed by atoms with van der Waals surface area (Å²) in [5.74, 6) is 0.184. The van der Waals surface area contributed by atoms with Gasteiger partial charge in [0, 0.05) is 12.6 Å². The van der Waals surface area contributed by atoms with Crippen LogP contribution in [-0.2, 0) is 4.79 Å². The van der Waals surface area contributed by atoms with Gasteiger partial charge in [-0.1, -0.05) is 0 Å². The van der Waals surface area contributed by atoms with Crippen LogP contribution in [0.15, 0.2) is 0 Å². The number of fused-ring (bicyclic) bond motifs is 2. The molecule has 2 aliphatic heterocycles. The average Bonchev–Trinajstić information content (AvgIpc) is 2.25. The van der Waals surface area contributed by atoms with E-state index in [0.29, 0.717) is 6.04 Å². The van der Waals surface area contributed by atoms with Crippen LogP contribution in [0.5, 0.6) is 0 Å². The van der Waals surface area contributed by atoms with Gasteiger partial charge in [0.2, 0.25) is 5.91 Å². The van der Waals surface area contributed by atoms with Gasteiger partial charge in [-0.15, -0.1) is 0 Å². The van der Waals surface area contributed by atoms with Gasteiger partial charge < -0.3 is 10.6 Å². The first kappa shape index (κ1) is 5.23. The highest BCUT2D eigenvalue weighted by molar-refractivity contribution is 5.83. The number of rotatable bonds is 0. The minimum Gasteiger partial charge on any atom is -0.353 e. The summed E-state index contributed by atoms with van der Waals surface area (Å²) in [6.07, 6.45) is 2.18. The van der Waals surface area contributed by atoms with Crippen molar-refractivity contribution in [2.45, 2.75) is 24.9 Å². The summed E-state index contributed by atoms with van der Waals surface area (Å²) in [5, 5.41) is 6.07. The highest BCUT2D eigenvalue weighted by Gasteiger charge is 2.33. The van der Waals surface area contributed by atoms with E-state index >= 15 is 0 Å². The van der Waals surface area contributed by atoms with Gasteiger partial charge in [0.05, 0.1) is 6.04 Å². The Balaban J connectivity index is 2.14. The van der Waals surface area contributed by atoms with Crippen molar-refractivity contribution in [1.29, 1.82) is 0 Å². The van der Waals surface area contributed by atoms with Gasteiger partial charge in [0.25, 0.3) is 0 Å². The van der Waals surface area contributed by atoms with Gasteiger partial charge in [0.15, 0.2) is 0 Å². The molecule has 2 rings (SSSR count). The lowest BCUT2D eigenvalue weighted by Gasteiger charge is -2.20. The fourth-order valence-corrected chi connectivity index (χ4v) is 1.53. The number of amides is 1. The molecule has 3 nitrogen and oxygen atoms in total. The molecule has 0 unspecified atom stereocenters. The molecule has 2 fully saturated rings. The molecule has 0 aromatic carbocycles. The first-order valence-electron chi connectivity index (χ1n) is 3.40. The number of hydrogen-bond donors (Lipinski definition) is 2. The molecule has 0 radical (unpaired) electrons. The molecule has 0 aliphatic carbocycles. The van der Waals surface area contributed by atoms with Crippen molar-refractivity contribution in [3.05, 3.63) is 0 Å². The molecule has 9 heavy (non-hydrogen) atoms. The van der Waals surface area contributed by atoms with E-state index < -0.39 is 0 Å². The summed E-state index contributed by atoms with van der Waals surface area (Å²) in [7, 11) is 0. The van der Waals surface area contributed by atoms with Gasteiger partial charge in [-0.05, 0) is 12.8 Å². The molecule has 2 heterocycles. The maximum absolute atomic E-state index is 10.9. The molecule has 2 atom stereocenters.